The first kappa shape index (κ1) is 13.1. The summed E-state index contributed by atoms with van der Waals surface area (Å²) in [5.74, 6) is 0.262. The van der Waals surface area contributed by atoms with E-state index in [1.807, 2.05) is 0 Å². The van der Waals surface area contributed by atoms with Crippen LogP contribution in [0.3, 0.4) is 0 Å². The summed E-state index contributed by atoms with van der Waals surface area (Å²) in [6.07, 6.45) is 1.15. The number of carbonyl (C=O) groups is 1. The minimum Gasteiger partial charge on any atom is -0.303 e. The van der Waals surface area contributed by atoms with E-state index in [-0.39, 0.29) is 5.92 Å². The summed E-state index contributed by atoms with van der Waals surface area (Å²) < 4.78 is 0. The summed E-state index contributed by atoms with van der Waals surface area (Å²) >= 11 is 0. The molecule has 0 fully saturated rings. The van der Waals surface area contributed by atoms with Gasteiger partial charge in [0, 0.05) is 22.1 Å². The average Bonchev–Trinajstić information content (AvgIpc) is 1.80. The molecule has 0 spiro atoms. The van der Waals surface area contributed by atoms with E-state index in [4.69, 9.17) is 0 Å². The molecular formula is C10H24OSi2. The largest absolute Gasteiger partial charge is 0.303 e. The van der Waals surface area contributed by atoms with Crippen molar-refractivity contribution in [3.8, 4) is 0 Å². The molecule has 1 nitrogen and oxygen atoms in total. The third kappa shape index (κ3) is 3.77. The van der Waals surface area contributed by atoms with Crippen LogP contribution in [0.5, 0.6) is 0 Å². The van der Waals surface area contributed by atoms with Gasteiger partial charge in [0.2, 0.25) is 0 Å². The molecule has 0 N–H and O–H groups in total. The average molecular weight is 216 g/mol. The predicted octanol–water partition coefficient (Wildman–Crippen LogP) is 3.41. The van der Waals surface area contributed by atoms with Crippen LogP contribution in [0.4, 0.5) is 0 Å². The fraction of sp³-hybridized carbons (Fsp3) is 0.900. The van der Waals surface area contributed by atoms with Crippen molar-refractivity contribution in [1.82, 2.24) is 0 Å². The van der Waals surface area contributed by atoms with E-state index >= 15 is 0 Å². The molecular weight excluding hydrogens is 192 g/mol. The molecule has 0 rings (SSSR count). The molecule has 78 valence electrons. The normalized spacial score (nSPS) is 16.0. The van der Waals surface area contributed by atoms with E-state index in [9.17, 15) is 4.79 Å². The highest BCUT2D eigenvalue weighted by molar-refractivity contribution is 6.96. The molecule has 0 aromatic carbocycles. The molecule has 0 aliphatic heterocycles. The summed E-state index contributed by atoms with van der Waals surface area (Å²) in [5.41, 5.74) is 0. The maximum Gasteiger partial charge on any atom is 0.122 e. The van der Waals surface area contributed by atoms with E-state index in [1.165, 1.54) is 0 Å². The second-order valence-corrected chi connectivity index (χ2v) is 17.5. The summed E-state index contributed by atoms with van der Waals surface area (Å²) in [6, 6.07) is 0. The molecule has 1 atom stereocenters. The second kappa shape index (κ2) is 4.09. The highest BCUT2D eigenvalue weighted by atomic mass is 28.4. The standard InChI is InChI=1S/C10H24OSi2/c1-9(8-11)10(12(2,3)4)13(5,6)7/h8-10H,1-7H3. The lowest BCUT2D eigenvalue weighted by molar-refractivity contribution is -0.110. The zero-order valence-corrected chi connectivity index (χ0v) is 12.1. The lowest BCUT2D eigenvalue weighted by atomic mass is 10.2. The third-order valence-corrected chi connectivity index (χ3v) is 12.6. The number of aldehydes is 1. The maximum atomic E-state index is 10.9. The Morgan fingerprint density at radius 3 is 1.31 bits per heavy atom. The van der Waals surface area contributed by atoms with E-state index < -0.39 is 16.1 Å². The maximum absolute atomic E-state index is 10.9. The Morgan fingerprint density at radius 1 is 0.923 bits per heavy atom. The third-order valence-electron chi connectivity index (χ3n) is 2.61. The van der Waals surface area contributed by atoms with Gasteiger partial charge in [-0.05, 0) is 5.16 Å². The van der Waals surface area contributed by atoms with Crippen molar-refractivity contribution in [3.05, 3.63) is 0 Å². The lowest BCUT2D eigenvalue weighted by Crippen LogP contribution is -2.47. The van der Waals surface area contributed by atoms with Gasteiger partial charge in [-0.1, -0.05) is 46.2 Å². The van der Waals surface area contributed by atoms with Crippen LogP contribution in [0.2, 0.25) is 44.4 Å². The van der Waals surface area contributed by atoms with Crippen molar-refractivity contribution in [2.45, 2.75) is 51.4 Å². The summed E-state index contributed by atoms with van der Waals surface area (Å²) in [4.78, 5) is 10.9. The molecule has 0 saturated heterocycles. The number of hydrogen-bond donors (Lipinski definition) is 0. The first-order valence-corrected chi connectivity index (χ1v) is 12.2. The van der Waals surface area contributed by atoms with Gasteiger partial charge < -0.3 is 4.79 Å². The zero-order chi connectivity index (χ0) is 10.9. The number of rotatable bonds is 4. The van der Waals surface area contributed by atoms with Crippen LogP contribution in [-0.2, 0) is 4.79 Å². The van der Waals surface area contributed by atoms with Crippen LogP contribution in [-0.4, -0.2) is 22.4 Å². The SMILES string of the molecule is CC(C=O)C([Si](C)(C)C)[Si](C)(C)C. The van der Waals surface area contributed by atoms with Crippen molar-refractivity contribution in [1.29, 1.82) is 0 Å². The van der Waals surface area contributed by atoms with Crippen molar-refractivity contribution in [2.75, 3.05) is 0 Å². The Kier molecular flexibility index (Phi) is 4.12. The molecule has 0 saturated carbocycles. The lowest BCUT2D eigenvalue weighted by Gasteiger charge is -2.40. The fourth-order valence-corrected chi connectivity index (χ4v) is 16.7. The van der Waals surface area contributed by atoms with Gasteiger partial charge in [0.1, 0.15) is 6.29 Å². The monoisotopic (exact) mass is 216 g/mol. The van der Waals surface area contributed by atoms with E-state index in [0.717, 1.165) is 6.29 Å². The van der Waals surface area contributed by atoms with Crippen molar-refractivity contribution in [2.24, 2.45) is 5.92 Å². The van der Waals surface area contributed by atoms with Crippen LogP contribution in [0.15, 0.2) is 0 Å². The van der Waals surface area contributed by atoms with Crippen molar-refractivity contribution >= 4 is 22.4 Å². The Labute approximate surface area is 84.9 Å². The van der Waals surface area contributed by atoms with E-state index in [1.54, 1.807) is 0 Å². The Balaban J connectivity index is 4.88. The summed E-state index contributed by atoms with van der Waals surface area (Å²) in [7, 11) is -2.35. The van der Waals surface area contributed by atoms with Gasteiger partial charge in [0.05, 0.1) is 0 Å². The van der Waals surface area contributed by atoms with Gasteiger partial charge in [-0.25, -0.2) is 0 Å². The molecule has 0 aromatic rings. The van der Waals surface area contributed by atoms with Crippen LogP contribution in [0.25, 0.3) is 0 Å². The van der Waals surface area contributed by atoms with Gasteiger partial charge in [-0.3, -0.25) is 0 Å². The predicted molar refractivity (Wildman–Crippen MR) is 65.7 cm³/mol. The van der Waals surface area contributed by atoms with Gasteiger partial charge >= 0.3 is 0 Å². The first-order chi connectivity index (χ1) is 5.60. The molecule has 0 aromatic heterocycles. The molecule has 3 heteroatoms. The number of carbonyl (C=O) groups excluding carboxylic acids is 1. The van der Waals surface area contributed by atoms with Crippen LogP contribution in [0.1, 0.15) is 6.92 Å². The smallest absolute Gasteiger partial charge is 0.122 e. The minimum atomic E-state index is -1.18. The second-order valence-electron chi connectivity index (χ2n) is 6.20. The molecule has 0 radical (unpaired) electrons. The molecule has 1 unspecified atom stereocenters. The molecule has 0 aliphatic rings. The highest BCUT2D eigenvalue weighted by Crippen LogP contribution is 2.37. The highest BCUT2D eigenvalue weighted by Gasteiger charge is 2.40. The van der Waals surface area contributed by atoms with Gasteiger partial charge in [-0.2, -0.15) is 0 Å². The van der Waals surface area contributed by atoms with Gasteiger partial charge in [-0.15, -0.1) is 0 Å². The summed E-state index contributed by atoms with van der Waals surface area (Å²) in [5, 5.41) is 0.706. The fourth-order valence-electron chi connectivity index (χ4n) is 2.95. The Morgan fingerprint density at radius 2 is 1.23 bits per heavy atom. The van der Waals surface area contributed by atoms with Crippen LogP contribution in [0, 0.1) is 5.92 Å². The van der Waals surface area contributed by atoms with Crippen LogP contribution >= 0.6 is 0 Å². The van der Waals surface area contributed by atoms with E-state index in [2.05, 4.69) is 46.2 Å². The van der Waals surface area contributed by atoms with Crippen LogP contribution < -0.4 is 0 Å². The van der Waals surface area contributed by atoms with Gasteiger partial charge in [0.25, 0.3) is 0 Å². The number of hydrogen-bond acceptors (Lipinski definition) is 1. The topological polar surface area (TPSA) is 17.1 Å². The van der Waals surface area contributed by atoms with Gasteiger partial charge in [0.15, 0.2) is 0 Å². The first-order valence-electron chi connectivity index (χ1n) is 5.06. The molecule has 0 heterocycles. The molecule has 0 bridgehead atoms. The molecule has 13 heavy (non-hydrogen) atoms. The Bertz CT molecular complexity index is 162. The van der Waals surface area contributed by atoms with Crippen molar-refractivity contribution < 1.29 is 4.79 Å². The molecule has 0 aliphatic carbocycles. The summed E-state index contributed by atoms with van der Waals surface area (Å²) in [6.45, 7) is 16.4. The quantitative estimate of drug-likeness (QED) is 0.520. The molecule has 0 amide bonds. The van der Waals surface area contributed by atoms with E-state index in [0.29, 0.717) is 5.16 Å². The minimum absolute atomic E-state index is 0.262. The Hall–Kier alpha value is 0.104. The van der Waals surface area contributed by atoms with Crippen molar-refractivity contribution in [3.63, 3.8) is 0 Å². The zero-order valence-electron chi connectivity index (χ0n) is 10.1.